The SMILES string of the molecule is C[C@H](NC(=O)[C@H](CCCNC(N)=O)NC(=O)c1ccc(CNCc2ncc[nH]2)cc1)c1cccc2ccccc12. The second-order valence-electron chi connectivity index (χ2n) is 9.59. The zero-order valence-corrected chi connectivity index (χ0v) is 22.4. The Bertz CT molecular complexity index is 1420. The number of primary amides is 1. The van der Waals surface area contributed by atoms with Crippen LogP contribution in [0.2, 0.25) is 0 Å². The van der Waals surface area contributed by atoms with Gasteiger partial charge >= 0.3 is 6.03 Å². The molecule has 7 N–H and O–H groups in total. The van der Waals surface area contributed by atoms with Crippen LogP contribution < -0.4 is 27.0 Å². The Morgan fingerprint density at radius 1 is 0.950 bits per heavy atom. The van der Waals surface area contributed by atoms with Crippen molar-refractivity contribution in [1.29, 1.82) is 0 Å². The summed E-state index contributed by atoms with van der Waals surface area (Å²) in [6, 6.07) is 19.5. The Labute approximate surface area is 233 Å². The van der Waals surface area contributed by atoms with E-state index in [9.17, 15) is 14.4 Å². The fourth-order valence-corrected chi connectivity index (χ4v) is 4.54. The van der Waals surface area contributed by atoms with Crippen LogP contribution >= 0.6 is 0 Å². The van der Waals surface area contributed by atoms with Gasteiger partial charge in [0.2, 0.25) is 5.91 Å². The Kier molecular flexibility index (Phi) is 9.84. The number of imidazole rings is 1. The van der Waals surface area contributed by atoms with Crippen molar-refractivity contribution in [3.05, 3.63) is 102 Å². The van der Waals surface area contributed by atoms with E-state index in [1.165, 1.54) is 0 Å². The van der Waals surface area contributed by atoms with Crippen molar-refractivity contribution in [3.63, 3.8) is 0 Å². The van der Waals surface area contributed by atoms with Crippen molar-refractivity contribution in [1.82, 2.24) is 31.2 Å². The van der Waals surface area contributed by atoms with Crippen molar-refractivity contribution in [3.8, 4) is 0 Å². The molecule has 0 saturated carbocycles. The minimum atomic E-state index is -0.797. The van der Waals surface area contributed by atoms with Crippen molar-refractivity contribution in [2.24, 2.45) is 5.73 Å². The number of benzene rings is 3. The molecule has 4 amide bonds. The van der Waals surface area contributed by atoms with Gasteiger partial charge in [0.05, 0.1) is 12.6 Å². The van der Waals surface area contributed by atoms with Crippen LogP contribution in [0.15, 0.2) is 79.1 Å². The van der Waals surface area contributed by atoms with Gasteiger partial charge in [0.15, 0.2) is 0 Å². The highest BCUT2D eigenvalue weighted by Crippen LogP contribution is 2.24. The Balaban J connectivity index is 1.39. The molecule has 0 fully saturated rings. The number of carbonyl (C=O) groups excluding carboxylic acids is 3. The van der Waals surface area contributed by atoms with Crippen LogP contribution in [-0.2, 0) is 17.9 Å². The fraction of sp³-hybridized carbons (Fsp3) is 0.267. The smallest absolute Gasteiger partial charge is 0.312 e. The van der Waals surface area contributed by atoms with Gasteiger partial charge in [-0.2, -0.15) is 0 Å². The van der Waals surface area contributed by atoms with Crippen LogP contribution in [0.1, 0.15) is 53.1 Å². The molecule has 0 spiro atoms. The van der Waals surface area contributed by atoms with Gasteiger partial charge in [-0.1, -0.05) is 54.6 Å². The number of carbonyl (C=O) groups is 3. The highest BCUT2D eigenvalue weighted by Gasteiger charge is 2.23. The average molecular weight is 542 g/mol. The number of fused-ring (bicyclic) bond motifs is 1. The highest BCUT2D eigenvalue weighted by molar-refractivity contribution is 5.97. The molecule has 208 valence electrons. The van der Waals surface area contributed by atoms with Gasteiger partial charge in [-0.25, -0.2) is 9.78 Å². The molecule has 0 unspecified atom stereocenters. The number of urea groups is 1. The van der Waals surface area contributed by atoms with Crippen LogP contribution in [-0.4, -0.2) is 40.4 Å². The first-order valence-corrected chi connectivity index (χ1v) is 13.3. The summed E-state index contributed by atoms with van der Waals surface area (Å²) in [5.74, 6) is 0.198. The Morgan fingerprint density at radius 2 is 1.73 bits per heavy atom. The topological polar surface area (TPSA) is 154 Å². The summed E-state index contributed by atoms with van der Waals surface area (Å²) in [4.78, 5) is 44.8. The van der Waals surface area contributed by atoms with E-state index in [0.29, 0.717) is 38.0 Å². The maximum atomic E-state index is 13.4. The third-order valence-corrected chi connectivity index (χ3v) is 6.63. The monoisotopic (exact) mass is 541 g/mol. The molecule has 4 rings (SSSR count). The van der Waals surface area contributed by atoms with E-state index in [1.54, 1.807) is 24.5 Å². The third kappa shape index (κ3) is 7.90. The number of H-pyrrole nitrogens is 1. The van der Waals surface area contributed by atoms with E-state index >= 15 is 0 Å². The lowest BCUT2D eigenvalue weighted by atomic mass is 9.99. The normalized spacial score (nSPS) is 12.4. The van der Waals surface area contributed by atoms with Gasteiger partial charge in [-0.15, -0.1) is 0 Å². The molecular weight excluding hydrogens is 506 g/mol. The predicted molar refractivity (Wildman–Crippen MR) is 154 cm³/mol. The van der Waals surface area contributed by atoms with Gasteiger partial charge in [0.25, 0.3) is 5.91 Å². The van der Waals surface area contributed by atoms with E-state index in [1.807, 2.05) is 61.5 Å². The van der Waals surface area contributed by atoms with Gasteiger partial charge in [0.1, 0.15) is 11.9 Å². The zero-order chi connectivity index (χ0) is 28.3. The second-order valence-corrected chi connectivity index (χ2v) is 9.59. The fourth-order valence-electron chi connectivity index (χ4n) is 4.54. The molecule has 0 saturated heterocycles. The number of aromatic nitrogens is 2. The number of nitrogens with two attached hydrogens (primary N) is 1. The Hall–Kier alpha value is -4.70. The van der Waals surface area contributed by atoms with E-state index < -0.39 is 12.1 Å². The first-order chi connectivity index (χ1) is 19.4. The summed E-state index contributed by atoms with van der Waals surface area (Å²) in [7, 11) is 0. The van der Waals surface area contributed by atoms with Crippen LogP contribution in [0.5, 0.6) is 0 Å². The van der Waals surface area contributed by atoms with Crippen molar-refractivity contribution >= 4 is 28.6 Å². The average Bonchev–Trinajstić information content (AvgIpc) is 3.48. The maximum Gasteiger partial charge on any atom is 0.312 e. The number of hydrogen-bond donors (Lipinski definition) is 6. The molecule has 1 aromatic heterocycles. The van der Waals surface area contributed by atoms with Gasteiger partial charge in [0, 0.05) is 31.0 Å². The lowest BCUT2D eigenvalue weighted by molar-refractivity contribution is -0.123. The lowest BCUT2D eigenvalue weighted by Crippen LogP contribution is -2.47. The van der Waals surface area contributed by atoms with Gasteiger partial charge < -0.3 is 32.0 Å². The number of nitrogens with zero attached hydrogens (tertiary/aromatic N) is 1. The molecule has 40 heavy (non-hydrogen) atoms. The quantitative estimate of drug-likeness (QED) is 0.143. The van der Waals surface area contributed by atoms with Gasteiger partial charge in [-0.05, 0) is 53.8 Å². The standard InChI is InChI=1S/C30H35N7O3/c1-20(24-9-4-7-22-6-2-3-8-25(22)24)36-29(39)26(10-5-15-35-30(31)40)37-28(38)23-13-11-21(12-14-23)18-32-19-27-33-16-17-34-27/h2-4,6-9,11-14,16-17,20,26,32H,5,10,15,18-19H2,1H3,(H,33,34)(H,36,39)(H,37,38)(H3,31,35,40)/t20-,26-/m0/s1. The molecule has 3 aromatic carbocycles. The summed E-state index contributed by atoms with van der Waals surface area (Å²) >= 11 is 0. The number of amides is 4. The summed E-state index contributed by atoms with van der Waals surface area (Å²) in [6.07, 6.45) is 4.27. The minimum absolute atomic E-state index is 0.283. The van der Waals surface area contributed by atoms with Crippen molar-refractivity contribution in [2.75, 3.05) is 6.54 Å². The molecule has 0 aliphatic carbocycles. The molecule has 4 aromatic rings. The molecule has 2 atom stereocenters. The number of hydrogen-bond acceptors (Lipinski definition) is 5. The van der Waals surface area contributed by atoms with Crippen molar-refractivity contribution < 1.29 is 14.4 Å². The summed E-state index contributed by atoms with van der Waals surface area (Å²) in [6.45, 7) is 3.44. The van der Waals surface area contributed by atoms with E-state index in [-0.39, 0.29) is 17.9 Å². The molecule has 10 nitrogen and oxygen atoms in total. The van der Waals surface area contributed by atoms with E-state index in [0.717, 1.165) is 27.7 Å². The third-order valence-electron chi connectivity index (χ3n) is 6.63. The first-order valence-electron chi connectivity index (χ1n) is 13.3. The van der Waals surface area contributed by atoms with Crippen LogP contribution in [0.3, 0.4) is 0 Å². The Morgan fingerprint density at radius 3 is 2.48 bits per heavy atom. The van der Waals surface area contributed by atoms with Gasteiger partial charge in [-0.3, -0.25) is 9.59 Å². The summed E-state index contributed by atoms with van der Waals surface area (Å²) < 4.78 is 0. The lowest BCUT2D eigenvalue weighted by Gasteiger charge is -2.23. The van der Waals surface area contributed by atoms with Crippen LogP contribution in [0.25, 0.3) is 10.8 Å². The summed E-state index contributed by atoms with van der Waals surface area (Å²) in [5.41, 5.74) is 7.61. The minimum Gasteiger partial charge on any atom is -0.352 e. The first kappa shape index (κ1) is 28.3. The van der Waals surface area contributed by atoms with E-state index in [4.69, 9.17) is 5.73 Å². The molecule has 0 bridgehead atoms. The molecule has 0 radical (unpaired) electrons. The van der Waals surface area contributed by atoms with E-state index in [2.05, 4.69) is 31.2 Å². The number of nitrogens with one attached hydrogen (secondary N) is 5. The van der Waals surface area contributed by atoms with Crippen molar-refractivity contribution in [2.45, 2.75) is 44.9 Å². The maximum absolute atomic E-state index is 13.4. The zero-order valence-electron chi connectivity index (χ0n) is 22.4. The molecule has 0 aliphatic rings. The number of aromatic amines is 1. The second kappa shape index (κ2) is 13.9. The van der Waals surface area contributed by atoms with Crippen LogP contribution in [0.4, 0.5) is 4.79 Å². The van der Waals surface area contributed by atoms with Crippen LogP contribution in [0, 0.1) is 0 Å². The number of rotatable bonds is 13. The highest BCUT2D eigenvalue weighted by atomic mass is 16.2. The molecule has 10 heteroatoms. The largest absolute Gasteiger partial charge is 0.352 e. The molecule has 1 heterocycles. The summed E-state index contributed by atoms with van der Waals surface area (Å²) in [5, 5.41) is 13.9. The predicted octanol–water partition coefficient (Wildman–Crippen LogP) is 3.28. The molecular formula is C30H35N7O3. The molecule has 0 aliphatic heterocycles.